The summed E-state index contributed by atoms with van der Waals surface area (Å²) in [6.07, 6.45) is 0. The van der Waals surface area contributed by atoms with Crippen molar-refractivity contribution in [1.29, 1.82) is 0 Å². The van der Waals surface area contributed by atoms with Crippen LogP contribution in [0.2, 0.25) is 0 Å². The summed E-state index contributed by atoms with van der Waals surface area (Å²) in [6.45, 7) is 0. The molecule has 0 atom stereocenters. The van der Waals surface area contributed by atoms with Gasteiger partial charge < -0.3 is 0 Å². The first-order chi connectivity index (χ1) is 7.57. The fourth-order valence-corrected chi connectivity index (χ4v) is 1.97. The zero-order chi connectivity index (χ0) is 11.6. The van der Waals surface area contributed by atoms with Crippen molar-refractivity contribution in [2.45, 2.75) is 4.90 Å². The number of rotatable bonds is 2. The van der Waals surface area contributed by atoms with Gasteiger partial charge in [0, 0.05) is 0 Å². The molecule has 0 aliphatic carbocycles. The van der Waals surface area contributed by atoms with Crippen molar-refractivity contribution in [2.24, 2.45) is 0 Å². The van der Waals surface area contributed by atoms with Gasteiger partial charge in [0.1, 0.15) is 0 Å². The molecule has 2 aromatic carbocycles. The summed E-state index contributed by atoms with van der Waals surface area (Å²) in [5, 5.41) is 0. The van der Waals surface area contributed by atoms with Crippen molar-refractivity contribution in [2.75, 3.05) is 0 Å². The summed E-state index contributed by atoms with van der Waals surface area (Å²) in [6, 6.07) is 15.0. The van der Waals surface area contributed by atoms with Gasteiger partial charge in [-0.2, -0.15) is 8.42 Å². The highest BCUT2D eigenvalue weighted by molar-refractivity contribution is 7.86. The van der Waals surface area contributed by atoms with Gasteiger partial charge in [0.05, 0.1) is 4.90 Å². The van der Waals surface area contributed by atoms with Crippen LogP contribution < -0.4 is 0 Å². The lowest BCUT2D eigenvalue weighted by atomic mass is 10.1. The van der Waals surface area contributed by atoms with E-state index in [0.29, 0.717) is 5.56 Å². The molecule has 16 heavy (non-hydrogen) atoms. The molecule has 0 fully saturated rings. The molecule has 82 valence electrons. The van der Waals surface area contributed by atoms with E-state index in [1.807, 2.05) is 30.3 Å². The fraction of sp³-hybridized carbons (Fsp3) is 0. The molecule has 4 heteroatoms. The van der Waals surface area contributed by atoms with Crippen LogP contribution >= 0.6 is 0 Å². The summed E-state index contributed by atoms with van der Waals surface area (Å²) in [5.41, 5.74) is 1.53. The highest BCUT2D eigenvalue weighted by atomic mass is 32.3. The van der Waals surface area contributed by atoms with Gasteiger partial charge in [-0.1, -0.05) is 42.5 Å². The molecule has 0 aromatic heterocycles. The van der Waals surface area contributed by atoms with E-state index in [0.717, 1.165) is 5.56 Å². The van der Waals surface area contributed by atoms with Gasteiger partial charge >= 0.3 is 10.2 Å². The van der Waals surface area contributed by atoms with Crippen molar-refractivity contribution < 1.29 is 12.3 Å². The summed E-state index contributed by atoms with van der Waals surface area (Å²) in [7, 11) is -4.63. The van der Waals surface area contributed by atoms with Gasteiger partial charge in [0.15, 0.2) is 0 Å². The van der Waals surface area contributed by atoms with Gasteiger partial charge in [-0.15, -0.1) is 3.89 Å². The Morgan fingerprint density at radius 2 is 1.44 bits per heavy atom. The molecule has 0 aliphatic heterocycles. The normalized spacial score (nSPS) is 11.3. The van der Waals surface area contributed by atoms with E-state index >= 15 is 0 Å². The molecule has 0 unspecified atom stereocenters. The molecule has 0 aliphatic rings. The van der Waals surface area contributed by atoms with Gasteiger partial charge in [-0.05, 0) is 23.3 Å². The molecule has 0 spiro atoms. The molecular weight excluding hydrogens is 227 g/mol. The van der Waals surface area contributed by atoms with Crippen LogP contribution in [-0.2, 0) is 10.2 Å². The lowest BCUT2D eigenvalue weighted by Gasteiger charge is -2.02. The molecule has 2 aromatic rings. The van der Waals surface area contributed by atoms with Gasteiger partial charge in [0.25, 0.3) is 0 Å². The Hall–Kier alpha value is -1.68. The molecule has 0 saturated heterocycles. The van der Waals surface area contributed by atoms with Gasteiger partial charge in [-0.3, -0.25) is 0 Å². The maximum Gasteiger partial charge on any atom is 0.332 e. The zero-order valence-corrected chi connectivity index (χ0v) is 9.12. The van der Waals surface area contributed by atoms with Crippen LogP contribution in [0.5, 0.6) is 0 Å². The average Bonchev–Trinajstić information content (AvgIpc) is 2.29. The van der Waals surface area contributed by atoms with E-state index in [4.69, 9.17) is 0 Å². The van der Waals surface area contributed by atoms with Crippen LogP contribution in [0.1, 0.15) is 0 Å². The molecule has 0 radical (unpaired) electrons. The minimum atomic E-state index is -4.63. The Balaban J connectivity index is 2.53. The quantitative estimate of drug-likeness (QED) is 0.751. The highest BCUT2D eigenvalue weighted by Crippen LogP contribution is 2.22. The van der Waals surface area contributed by atoms with E-state index in [9.17, 15) is 12.3 Å². The fourth-order valence-electron chi connectivity index (χ4n) is 1.46. The Kier molecular flexibility index (Phi) is 2.75. The molecule has 0 bridgehead atoms. The topological polar surface area (TPSA) is 34.1 Å². The lowest BCUT2D eigenvalue weighted by Crippen LogP contribution is -1.91. The smallest absolute Gasteiger partial charge is 0.189 e. The second kappa shape index (κ2) is 4.06. The van der Waals surface area contributed by atoms with Crippen LogP contribution in [0.15, 0.2) is 59.5 Å². The summed E-state index contributed by atoms with van der Waals surface area (Å²) < 4.78 is 34.3. The van der Waals surface area contributed by atoms with Crippen molar-refractivity contribution in [3.63, 3.8) is 0 Å². The Morgan fingerprint density at radius 1 is 0.812 bits per heavy atom. The van der Waals surface area contributed by atoms with E-state index < -0.39 is 10.2 Å². The number of halogens is 1. The first-order valence-corrected chi connectivity index (χ1v) is 6.06. The van der Waals surface area contributed by atoms with Gasteiger partial charge in [-0.25, -0.2) is 0 Å². The third-order valence-corrected chi connectivity index (χ3v) is 3.04. The van der Waals surface area contributed by atoms with Crippen LogP contribution in [0.4, 0.5) is 3.89 Å². The van der Waals surface area contributed by atoms with E-state index in [1.165, 1.54) is 18.2 Å². The largest absolute Gasteiger partial charge is 0.332 e. The molecular formula is C12H9FO2S. The van der Waals surface area contributed by atoms with Crippen molar-refractivity contribution >= 4 is 10.2 Å². The number of hydrogen-bond acceptors (Lipinski definition) is 2. The van der Waals surface area contributed by atoms with Crippen molar-refractivity contribution in [1.82, 2.24) is 0 Å². The molecule has 0 N–H and O–H groups in total. The Morgan fingerprint density at radius 3 is 2.06 bits per heavy atom. The van der Waals surface area contributed by atoms with E-state index in [2.05, 4.69) is 0 Å². The molecule has 0 saturated carbocycles. The summed E-state index contributed by atoms with van der Waals surface area (Å²) in [4.78, 5) is -0.311. The Labute approximate surface area is 93.6 Å². The number of hydrogen-bond donors (Lipinski definition) is 0. The summed E-state index contributed by atoms with van der Waals surface area (Å²) >= 11 is 0. The predicted molar refractivity (Wildman–Crippen MR) is 60.2 cm³/mol. The minimum absolute atomic E-state index is 0.311. The van der Waals surface area contributed by atoms with Crippen LogP contribution in [0.3, 0.4) is 0 Å². The van der Waals surface area contributed by atoms with Crippen LogP contribution in [-0.4, -0.2) is 8.42 Å². The lowest BCUT2D eigenvalue weighted by molar-refractivity contribution is 0.552. The van der Waals surface area contributed by atoms with Crippen molar-refractivity contribution in [3.05, 3.63) is 54.6 Å². The zero-order valence-electron chi connectivity index (χ0n) is 8.30. The standard InChI is InChI=1S/C12H9FO2S/c13-16(14,15)12-8-4-7-11(9-12)10-5-2-1-3-6-10/h1-9H. The maximum absolute atomic E-state index is 12.8. The first-order valence-electron chi connectivity index (χ1n) is 4.67. The first kappa shape index (κ1) is 10.8. The predicted octanol–water partition coefficient (Wildman–Crippen LogP) is 3.01. The highest BCUT2D eigenvalue weighted by Gasteiger charge is 2.11. The minimum Gasteiger partial charge on any atom is -0.189 e. The third kappa shape index (κ3) is 2.28. The second-order valence-electron chi connectivity index (χ2n) is 3.33. The Bertz CT molecular complexity index is 591. The molecule has 2 nitrogen and oxygen atoms in total. The van der Waals surface area contributed by atoms with E-state index in [1.54, 1.807) is 6.07 Å². The van der Waals surface area contributed by atoms with Crippen LogP contribution in [0, 0.1) is 0 Å². The monoisotopic (exact) mass is 236 g/mol. The van der Waals surface area contributed by atoms with Gasteiger partial charge in [0.2, 0.25) is 0 Å². The number of benzene rings is 2. The SMILES string of the molecule is O=S(=O)(F)c1cccc(-c2ccccc2)c1. The van der Waals surface area contributed by atoms with Crippen molar-refractivity contribution in [3.8, 4) is 11.1 Å². The summed E-state index contributed by atoms with van der Waals surface area (Å²) in [5.74, 6) is 0. The molecule has 0 amide bonds. The second-order valence-corrected chi connectivity index (χ2v) is 4.68. The van der Waals surface area contributed by atoms with Crippen LogP contribution in [0.25, 0.3) is 11.1 Å². The molecule has 0 heterocycles. The average molecular weight is 236 g/mol. The van der Waals surface area contributed by atoms with E-state index in [-0.39, 0.29) is 4.90 Å². The third-order valence-electron chi connectivity index (χ3n) is 2.22. The maximum atomic E-state index is 12.8. The molecule has 2 rings (SSSR count).